The lowest BCUT2D eigenvalue weighted by atomic mass is 10.5. The average molecular weight is 325 g/mol. The molecule has 0 spiro atoms. The summed E-state index contributed by atoms with van der Waals surface area (Å²) in [5, 5.41) is 0.294. The third-order valence-corrected chi connectivity index (χ3v) is 4.15. The van der Waals surface area contributed by atoms with Gasteiger partial charge in [0, 0.05) is 14.1 Å². The van der Waals surface area contributed by atoms with Crippen molar-refractivity contribution in [2.24, 2.45) is 19.8 Å². The second-order valence-electron chi connectivity index (χ2n) is 4.82. The standard InChI is InChI=1S/C12H15N5O4S/c1-6(18)5-22-11-14-9-8(17(11)4-7(13)19)10(20)16(3)12(21)15(9)2/h4-5H2,1-3H3,(H2,13,19). The molecule has 0 aromatic carbocycles. The van der Waals surface area contributed by atoms with Gasteiger partial charge in [0.15, 0.2) is 16.3 Å². The molecule has 9 nitrogen and oxygen atoms in total. The number of hydrogen-bond acceptors (Lipinski definition) is 6. The average Bonchev–Trinajstić information content (AvgIpc) is 2.78. The van der Waals surface area contributed by atoms with Gasteiger partial charge in [-0.25, -0.2) is 9.78 Å². The van der Waals surface area contributed by atoms with Crippen molar-refractivity contribution in [3.05, 3.63) is 20.8 Å². The number of aromatic nitrogens is 4. The van der Waals surface area contributed by atoms with Crippen molar-refractivity contribution in [2.45, 2.75) is 18.6 Å². The molecule has 22 heavy (non-hydrogen) atoms. The van der Waals surface area contributed by atoms with E-state index in [1.807, 2.05) is 0 Å². The van der Waals surface area contributed by atoms with Gasteiger partial charge in [-0.05, 0) is 6.92 Å². The Morgan fingerprint density at radius 2 is 1.86 bits per heavy atom. The molecule has 2 heterocycles. The van der Waals surface area contributed by atoms with E-state index >= 15 is 0 Å². The first kappa shape index (κ1) is 16.0. The Hall–Kier alpha value is -2.36. The zero-order valence-electron chi connectivity index (χ0n) is 12.3. The van der Waals surface area contributed by atoms with Crippen LogP contribution in [-0.4, -0.2) is 36.1 Å². The number of imidazole rings is 1. The van der Waals surface area contributed by atoms with Gasteiger partial charge in [0.05, 0.1) is 5.75 Å². The molecule has 0 radical (unpaired) electrons. The molecule has 0 saturated carbocycles. The van der Waals surface area contributed by atoms with E-state index in [2.05, 4.69) is 4.98 Å². The van der Waals surface area contributed by atoms with Crippen LogP contribution in [0.15, 0.2) is 14.7 Å². The monoisotopic (exact) mass is 325 g/mol. The molecule has 2 rings (SSSR count). The number of Topliss-reactive ketones (excluding diaryl/α,β-unsaturated/α-hetero) is 1. The van der Waals surface area contributed by atoms with E-state index in [1.54, 1.807) is 0 Å². The number of primary amides is 1. The number of carbonyl (C=O) groups is 2. The van der Waals surface area contributed by atoms with Gasteiger partial charge in [0.2, 0.25) is 5.91 Å². The number of nitrogens with zero attached hydrogens (tertiary/aromatic N) is 4. The van der Waals surface area contributed by atoms with Crippen LogP contribution in [0.4, 0.5) is 0 Å². The molecule has 118 valence electrons. The van der Waals surface area contributed by atoms with Gasteiger partial charge in [-0.2, -0.15) is 0 Å². The number of hydrogen-bond donors (Lipinski definition) is 1. The minimum atomic E-state index is -0.653. The first-order valence-electron chi connectivity index (χ1n) is 6.30. The van der Waals surface area contributed by atoms with Gasteiger partial charge >= 0.3 is 5.69 Å². The molecular formula is C12H15N5O4S. The molecule has 0 atom stereocenters. The van der Waals surface area contributed by atoms with Crippen molar-refractivity contribution < 1.29 is 9.59 Å². The first-order valence-corrected chi connectivity index (χ1v) is 7.29. The number of rotatable bonds is 5. The molecule has 10 heteroatoms. The minimum absolute atomic E-state index is 0.0792. The molecule has 0 fully saturated rings. The van der Waals surface area contributed by atoms with Crippen molar-refractivity contribution >= 4 is 34.6 Å². The Kier molecular flexibility index (Phi) is 4.22. The van der Waals surface area contributed by atoms with Crippen LogP contribution in [0.25, 0.3) is 11.2 Å². The van der Waals surface area contributed by atoms with Crippen LogP contribution in [0.2, 0.25) is 0 Å². The quantitative estimate of drug-likeness (QED) is 0.675. The first-order chi connectivity index (χ1) is 10.2. The van der Waals surface area contributed by atoms with E-state index in [-0.39, 0.29) is 29.2 Å². The molecular weight excluding hydrogens is 310 g/mol. The molecule has 0 aliphatic rings. The van der Waals surface area contributed by atoms with Crippen molar-refractivity contribution in [1.29, 1.82) is 0 Å². The van der Waals surface area contributed by atoms with Crippen LogP contribution in [0.5, 0.6) is 0 Å². The summed E-state index contributed by atoms with van der Waals surface area (Å²) in [4.78, 5) is 50.9. The summed E-state index contributed by atoms with van der Waals surface area (Å²) in [7, 11) is 2.82. The van der Waals surface area contributed by atoms with Gasteiger partial charge in [-0.15, -0.1) is 0 Å². The predicted molar refractivity (Wildman–Crippen MR) is 80.8 cm³/mol. The van der Waals surface area contributed by atoms with Crippen molar-refractivity contribution in [3.8, 4) is 0 Å². The van der Waals surface area contributed by atoms with E-state index in [1.165, 1.54) is 30.2 Å². The largest absolute Gasteiger partial charge is 0.368 e. The van der Waals surface area contributed by atoms with E-state index in [0.29, 0.717) is 5.16 Å². The van der Waals surface area contributed by atoms with Gasteiger partial charge in [-0.1, -0.05) is 11.8 Å². The number of ketones is 1. The Labute approximate surface area is 128 Å². The third kappa shape index (κ3) is 2.69. The summed E-state index contributed by atoms with van der Waals surface area (Å²) in [6.07, 6.45) is 0. The zero-order valence-corrected chi connectivity index (χ0v) is 13.1. The highest BCUT2D eigenvalue weighted by atomic mass is 32.2. The number of carbonyl (C=O) groups excluding carboxylic acids is 2. The zero-order chi connectivity index (χ0) is 16.6. The number of aryl methyl sites for hydroxylation is 1. The van der Waals surface area contributed by atoms with Gasteiger partial charge in [-0.3, -0.25) is 23.5 Å². The summed E-state index contributed by atoms with van der Waals surface area (Å²) < 4.78 is 3.49. The summed E-state index contributed by atoms with van der Waals surface area (Å²) in [6.45, 7) is 1.16. The van der Waals surface area contributed by atoms with Gasteiger partial charge in [0.25, 0.3) is 5.56 Å². The number of nitrogens with two attached hydrogens (primary N) is 1. The maximum atomic E-state index is 12.3. The van der Waals surface area contributed by atoms with Crippen molar-refractivity contribution in [3.63, 3.8) is 0 Å². The topological polar surface area (TPSA) is 122 Å². The van der Waals surface area contributed by atoms with Crippen LogP contribution in [0.1, 0.15) is 6.92 Å². The number of fused-ring (bicyclic) bond motifs is 1. The smallest absolute Gasteiger partial charge is 0.332 e. The van der Waals surface area contributed by atoms with E-state index in [4.69, 9.17) is 5.73 Å². The highest BCUT2D eigenvalue weighted by molar-refractivity contribution is 7.99. The lowest BCUT2D eigenvalue weighted by molar-refractivity contribution is -0.118. The summed E-state index contributed by atoms with van der Waals surface area (Å²) >= 11 is 1.08. The Morgan fingerprint density at radius 1 is 1.23 bits per heavy atom. The van der Waals surface area contributed by atoms with Gasteiger partial charge < -0.3 is 10.3 Å². The van der Waals surface area contributed by atoms with E-state index in [9.17, 15) is 19.2 Å². The highest BCUT2D eigenvalue weighted by Gasteiger charge is 2.20. The minimum Gasteiger partial charge on any atom is -0.368 e. The summed E-state index contributed by atoms with van der Waals surface area (Å²) in [5.41, 5.74) is 4.38. The second-order valence-corrected chi connectivity index (χ2v) is 5.76. The fraction of sp³-hybridized carbons (Fsp3) is 0.417. The Bertz CT molecular complexity index is 892. The molecule has 1 amide bonds. The molecule has 2 aromatic heterocycles. The number of thioether (sulfide) groups is 1. The summed E-state index contributed by atoms with van der Waals surface area (Å²) in [6, 6.07) is 0. The fourth-order valence-corrected chi connectivity index (χ4v) is 2.80. The fourth-order valence-electron chi connectivity index (χ4n) is 2.01. The van der Waals surface area contributed by atoms with Crippen molar-refractivity contribution in [1.82, 2.24) is 18.7 Å². The van der Waals surface area contributed by atoms with Crippen LogP contribution in [0, 0.1) is 0 Å². The molecule has 0 aliphatic carbocycles. The third-order valence-electron chi connectivity index (χ3n) is 3.03. The molecule has 0 saturated heterocycles. The SMILES string of the molecule is CC(=O)CSc1nc2c(c(=O)n(C)c(=O)n2C)n1CC(N)=O. The lowest BCUT2D eigenvalue weighted by Crippen LogP contribution is -2.38. The maximum absolute atomic E-state index is 12.3. The van der Waals surface area contributed by atoms with Crippen LogP contribution in [-0.2, 0) is 30.2 Å². The summed E-state index contributed by atoms with van der Waals surface area (Å²) in [5.74, 6) is -0.597. The van der Waals surface area contributed by atoms with Crippen LogP contribution in [0.3, 0.4) is 0 Å². The molecule has 0 bridgehead atoms. The Morgan fingerprint density at radius 3 is 2.41 bits per heavy atom. The molecule has 0 unspecified atom stereocenters. The normalized spacial score (nSPS) is 11.0. The second kappa shape index (κ2) is 5.79. The predicted octanol–water partition coefficient (Wildman–Crippen LogP) is -1.40. The molecule has 2 N–H and O–H groups in total. The lowest BCUT2D eigenvalue weighted by Gasteiger charge is -2.06. The van der Waals surface area contributed by atoms with Crippen LogP contribution >= 0.6 is 11.8 Å². The number of amides is 1. The maximum Gasteiger partial charge on any atom is 0.332 e. The van der Waals surface area contributed by atoms with Gasteiger partial charge in [0.1, 0.15) is 12.3 Å². The molecule has 0 aliphatic heterocycles. The van der Waals surface area contributed by atoms with E-state index in [0.717, 1.165) is 16.3 Å². The highest BCUT2D eigenvalue weighted by Crippen LogP contribution is 2.21. The van der Waals surface area contributed by atoms with Crippen molar-refractivity contribution in [2.75, 3.05) is 5.75 Å². The molecule has 2 aromatic rings. The van der Waals surface area contributed by atoms with E-state index < -0.39 is 17.2 Å². The Balaban J connectivity index is 2.80. The van der Waals surface area contributed by atoms with Crippen LogP contribution < -0.4 is 17.0 Å².